The zero-order valence-corrected chi connectivity index (χ0v) is 15.6. The summed E-state index contributed by atoms with van der Waals surface area (Å²) in [5.41, 5.74) is 0. The van der Waals surface area contributed by atoms with Gasteiger partial charge < -0.3 is 14.7 Å². The summed E-state index contributed by atoms with van der Waals surface area (Å²) in [6, 6.07) is 1.43. The van der Waals surface area contributed by atoms with Gasteiger partial charge in [0.05, 0.1) is 0 Å². The third-order valence-corrected chi connectivity index (χ3v) is 5.58. The Morgan fingerprint density at radius 3 is 2.27 bits per heavy atom. The van der Waals surface area contributed by atoms with E-state index in [0.717, 1.165) is 12.0 Å². The van der Waals surface area contributed by atoms with Crippen LogP contribution in [0.5, 0.6) is 0 Å². The van der Waals surface area contributed by atoms with Gasteiger partial charge in [-0.05, 0) is 66.3 Å². The van der Waals surface area contributed by atoms with Crippen LogP contribution < -0.4 is 0 Å². The van der Waals surface area contributed by atoms with E-state index in [4.69, 9.17) is 0 Å². The smallest absolute Gasteiger partial charge is 0.0350 e. The summed E-state index contributed by atoms with van der Waals surface area (Å²) < 4.78 is 0. The first-order valence-corrected chi connectivity index (χ1v) is 9.34. The second kappa shape index (κ2) is 8.62. The normalized spacial score (nSPS) is 27.1. The average molecular weight is 311 g/mol. The molecule has 22 heavy (non-hydrogen) atoms. The van der Waals surface area contributed by atoms with E-state index in [0.29, 0.717) is 6.04 Å². The summed E-state index contributed by atoms with van der Waals surface area (Å²) in [6.45, 7) is 17.0. The van der Waals surface area contributed by atoms with Gasteiger partial charge in [0.15, 0.2) is 0 Å². The second-order valence-corrected chi connectivity index (χ2v) is 7.88. The van der Waals surface area contributed by atoms with Crippen LogP contribution in [-0.4, -0.2) is 98.1 Å². The zero-order valence-electron chi connectivity index (χ0n) is 15.6. The van der Waals surface area contributed by atoms with E-state index in [1.54, 1.807) is 0 Å². The fraction of sp³-hybridized carbons (Fsp3) is 1.00. The Kier molecular flexibility index (Phi) is 7.13. The van der Waals surface area contributed by atoms with Gasteiger partial charge in [0.1, 0.15) is 0 Å². The molecule has 2 aliphatic rings. The highest BCUT2D eigenvalue weighted by Gasteiger charge is 2.30. The maximum Gasteiger partial charge on any atom is 0.0350 e. The SMILES string of the molecule is CCN1CCN(CC2CCN(C(C)C)CC2)[C@@H](CN(C)C)C1. The van der Waals surface area contributed by atoms with Gasteiger partial charge in [-0.25, -0.2) is 0 Å². The lowest BCUT2D eigenvalue weighted by atomic mass is 9.94. The van der Waals surface area contributed by atoms with Gasteiger partial charge in [0.25, 0.3) is 0 Å². The molecule has 0 aromatic carbocycles. The molecule has 1 atom stereocenters. The highest BCUT2D eigenvalue weighted by Crippen LogP contribution is 2.22. The average Bonchev–Trinajstić information content (AvgIpc) is 2.49. The van der Waals surface area contributed by atoms with Gasteiger partial charge in [-0.3, -0.25) is 4.90 Å². The third kappa shape index (κ3) is 5.19. The minimum absolute atomic E-state index is 0.715. The number of piperidine rings is 1. The number of likely N-dealkylation sites (tertiary alicyclic amines) is 1. The number of rotatable bonds is 6. The molecule has 2 aliphatic heterocycles. The van der Waals surface area contributed by atoms with Gasteiger partial charge in [0.2, 0.25) is 0 Å². The Morgan fingerprint density at radius 1 is 1.05 bits per heavy atom. The largest absolute Gasteiger partial charge is 0.308 e. The molecule has 4 nitrogen and oxygen atoms in total. The van der Waals surface area contributed by atoms with Gasteiger partial charge >= 0.3 is 0 Å². The lowest BCUT2D eigenvalue weighted by Gasteiger charge is -2.44. The molecule has 2 heterocycles. The van der Waals surface area contributed by atoms with E-state index in [9.17, 15) is 0 Å². The Hall–Kier alpha value is -0.160. The topological polar surface area (TPSA) is 13.0 Å². The van der Waals surface area contributed by atoms with E-state index in [2.05, 4.69) is 54.5 Å². The van der Waals surface area contributed by atoms with Gasteiger partial charge in [0, 0.05) is 44.8 Å². The third-order valence-electron chi connectivity index (χ3n) is 5.58. The predicted molar refractivity (Wildman–Crippen MR) is 95.5 cm³/mol. The first-order valence-electron chi connectivity index (χ1n) is 9.34. The molecular formula is C18H38N4. The van der Waals surface area contributed by atoms with Crippen LogP contribution in [0, 0.1) is 5.92 Å². The molecule has 0 aromatic rings. The summed E-state index contributed by atoms with van der Waals surface area (Å²) in [5.74, 6) is 0.910. The molecular weight excluding hydrogens is 272 g/mol. The molecule has 0 spiro atoms. The van der Waals surface area contributed by atoms with Crippen LogP contribution in [0.3, 0.4) is 0 Å². The van der Waals surface area contributed by atoms with Gasteiger partial charge in [-0.15, -0.1) is 0 Å². The molecule has 0 bridgehead atoms. The quantitative estimate of drug-likeness (QED) is 0.740. The first-order chi connectivity index (χ1) is 10.5. The molecule has 2 fully saturated rings. The highest BCUT2D eigenvalue weighted by atomic mass is 15.3. The van der Waals surface area contributed by atoms with Crippen LogP contribution in [0.1, 0.15) is 33.6 Å². The number of likely N-dealkylation sites (N-methyl/N-ethyl adjacent to an activating group) is 2. The Balaban J connectivity index is 1.84. The second-order valence-electron chi connectivity index (χ2n) is 7.88. The standard InChI is InChI=1S/C18H38N4/c1-6-20-11-12-22(18(15-20)14-19(4)5)13-17-7-9-21(10-8-17)16(2)3/h16-18H,6-15H2,1-5H3/t18-/m0/s1. The zero-order chi connectivity index (χ0) is 16.1. The summed E-state index contributed by atoms with van der Waals surface area (Å²) in [6.07, 6.45) is 2.78. The van der Waals surface area contributed by atoms with Crippen LogP contribution in [0.25, 0.3) is 0 Å². The molecule has 0 unspecified atom stereocenters. The molecule has 0 N–H and O–H groups in total. The van der Waals surface area contributed by atoms with Crippen LogP contribution in [0.15, 0.2) is 0 Å². The summed E-state index contributed by atoms with van der Waals surface area (Å²) in [7, 11) is 4.42. The molecule has 0 aromatic heterocycles. The molecule has 2 rings (SSSR count). The predicted octanol–water partition coefficient (Wildman–Crippen LogP) is 1.67. The maximum absolute atomic E-state index is 2.79. The van der Waals surface area contributed by atoms with Crippen molar-refractivity contribution < 1.29 is 0 Å². The van der Waals surface area contributed by atoms with Gasteiger partial charge in [-0.1, -0.05) is 6.92 Å². The molecule has 2 saturated heterocycles. The van der Waals surface area contributed by atoms with Crippen molar-refractivity contribution in [1.82, 2.24) is 19.6 Å². The fourth-order valence-corrected chi connectivity index (χ4v) is 4.06. The first kappa shape index (κ1) is 18.2. The maximum atomic E-state index is 2.79. The van der Waals surface area contributed by atoms with E-state index < -0.39 is 0 Å². The monoisotopic (exact) mass is 310 g/mol. The molecule has 0 amide bonds. The van der Waals surface area contributed by atoms with E-state index in [1.807, 2.05) is 0 Å². The number of hydrogen-bond donors (Lipinski definition) is 0. The van der Waals surface area contributed by atoms with Crippen molar-refractivity contribution in [3.05, 3.63) is 0 Å². The van der Waals surface area contributed by atoms with Crippen molar-refractivity contribution in [3.8, 4) is 0 Å². The van der Waals surface area contributed by atoms with Crippen LogP contribution in [0.2, 0.25) is 0 Å². The molecule has 0 radical (unpaired) electrons. The Labute approximate surface area is 138 Å². The van der Waals surface area contributed by atoms with Crippen molar-refractivity contribution >= 4 is 0 Å². The minimum Gasteiger partial charge on any atom is -0.308 e. The minimum atomic E-state index is 0.715. The van der Waals surface area contributed by atoms with Crippen molar-refractivity contribution in [3.63, 3.8) is 0 Å². The molecule has 4 heteroatoms. The van der Waals surface area contributed by atoms with Crippen molar-refractivity contribution in [2.24, 2.45) is 5.92 Å². The number of hydrogen-bond acceptors (Lipinski definition) is 4. The molecule has 0 aliphatic carbocycles. The van der Waals surface area contributed by atoms with Gasteiger partial charge in [-0.2, -0.15) is 0 Å². The molecule has 130 valence electrons. The van der Waals surface area contributed by atoms with E-state index in [1.165, 1.54) is 65.2 Å². The Morgan fingerprint density at radius 2 is 1.73 bits per heavy atom. The Bertz CT molecular complexity index is 310. The highest BCUT2D eigenvalue weighted by molar-refractivity contribution is 4.86. The lowest BCUT2D eigenvalue weighted by molar-refractivity contribution is 0.0375. The lowest BCUT2D eigenvalue weighted by Crippen LogP contribution is -2.57. The van der Waals surface area contributed by atoms with Crippen LogP contribution in [-0.2, 0) is 0 Å². The fourth-order valence-electron chi connectivity index (χ4n) is 4.06. The van der Waals surface area contributed by atoms with E-state index >= 15 is 0 Å². The summed E-state index contributed by atoms with van der Waals surface area (Å²) in [5, 5.41) is 0. The van der Waals surface area contributed by atoms with Crippen molar-refractivity contribution in [2.75, 3.05) is 66.5 Å². The summed E-state index contributed by atoms with van der Waals surface area (Å²) >= 11 is 0. The van der Waals surface area contributed by atoms with Crippen LogP contribution in [0.4, 0.5) is 0 Å². The van der Waals surface area contributed by atoms with Crippen molar-refractivity contribution in [2.45, 2.75) is 45.7 Å². The number of nitrogens with zero attached hydrogens (tertiary/aromatic N) is 4. The van der Waals surface area contributed by atoms with Crippen LogP contribution >= 0.6 is 0 Å². The molecule has 0 saturated carbocycles. The number of piperazine rings is 1. The van der Waals surface area contributed by atoms with E-state index in [-0.39, 0.29) is 0 Å². The summed E-state index contributed by atoms with van der Waals surface area (Å²) in [4.78, 5) is 10.4. The van der Waals surface area contributed by atoms with Crippen molar-refractivity contribution in [1.29, 1.82) is 0 Å².